The molecule has 0 aliphatic carbocycles. The van der Waals surface area contributed by atoms with E-state index in [1.165, 1.54) is 25.6 Å². The minimum absolute atomic E-state index is 0.118. The van der Waals surface area contributed by atoms with Crippen molar-refractivity contribution >= 4 is 32.5 Å². The summed E-state index contributed by atoms with van der Waals surface area (Å²) in [6, 6.07) is 7.10. The second-order valence-corrected chi connectivity index (χ2v) is 8.30. The number of hydrogen-bond acceptors (Lipinski definition) is 5. The monoisotopic (exact) mass is 461 g/mol. The van der Waals surface area contributed by atoms with Crippen molar-refractivity contribution in [1.29, 1.82) is 0 Å². The molecule has 0 atom stereocenters. The number of halogens is 3. The lowest BCUT2D eigenvalue weighted by atomic mass is 10.0. The van der Waals surface area contributed by atoms with Gasteiger partial charge in [-0.25, -0.2) is 26.6 Å². The molecule has 0 radical (unpaired) electrons. The van der Waals surface area contributed by atoms with Crippen molar-refractivity contribution in [2.45, 2.75) is 4.90 Å². The maximum absolute atomic E-state index is 15.2. The highest BCUT2D eigenvalue weighted by Crippen LogP contribution is 2.31. The van der Waals surface area contributed by atoms with Gasteiger partial charge in [0.2, 0.25) is 5.78 Å². The number of carbonyl (C=O) groups is 1. The number of methoxy groups -OCH3 is 1. The van der Waals surface area contributed by atoms with Gasteiger partial charge in [0.1, 0.15) is 23.0 Å². The van der Waals surface area contributed by atoms with E-state index < -0.39 is 49.4 Å². The minimum atomic E-state index is -4.41. The quantitative estimate of drug-likeness (QED) is 0.423. The van der Waals surface area contributed by atoms with Crippen LogP contribution in [0.3, 0.4) is 0 Å². The van der Waals surface area contributed by atoms with Gasteiger partial charge >= 0.3 is 0 Å². The first-order chi connectivity index (χ1) is 15.2. The molecular formula is C21H14F3N3O4S. The lowest BCUT2D eigenvalue weighted by molar-refractivity contribution is 0.103. The van der Waals surface area contributed by atoms with E-state index in [4.69, 9.17) is 4.74 Å². The summed E-state index contributed by atoms with van der Waals surface area (Å²) < 4.78 is 75.2. The summed E-state index contributed by atoms with van der Waals surface area (Å²) in [5.74, 6) is -4.23. The fraction of sp³-hybridized carbons (Fsp3) is 0.0476. The van der Waals surface area contributed by atoms with Crippen LogP contribution in [0.15, 0.2) is 59.8 Å². The molecule has 2 heterocycles. The molecule has 0 aliphatic rings. The van der Waals surface area contributed by atoms with Crippen molar-refractivity contribution in [3.05, 3.63) is 83.4 Å². The van der Waals surface area contributed by atoms with Crippen LogP contribution in [-0.2, 0) is 10.0 Å². The molecule has 2 aromatic heterocycles. The van der Waals surface area contributed by atoms with E-state index in [0.717, 1.165) is 36.4 Å². The number of aromatic nitrogens is 2. The molecule has 7 nitrogen and oxygen atoms in total. The number of nitrogens with zero attached hydrogens (tertiary/aromatic N) is 1. The van der Waals surface area contributed by atoms with Crippen LogP contribution in [0, 0.1) is 17.5 Å². The molecule has 11 heteroatoms. The molecule has 0 saturated heterocycles. The third-order valence-electron chi connectivity index (χ3n) is 4.67. The normalized spacial score (nSPS) is 11.5. The number of anilines is 1. The number of hydrogen-bond donors (Lipinski definition) is 2. The van der Waals surface area contributed by atoms with Crippen LogP contribution in [-0.4, -0.2) is 31.3 Å². The first kappa shape index (κ1) is 21.4. The lowest BCUT2D eigenvalue weighted by Crippen LogP contribution is -2.16. The molecule has 0 saturated carbocycles. The van der Waals surface area contributed by atoms with Crippen LogP contribution in [0.4, 0.5) is 18.9 Å². The Labute approximate surface area is 179 Å². The van der Waals surface area contributed by atoms with Crippen LogP contribution in [0.25, 0.3) is 11.0 Å². The van der Waals surface area contributed by atoms with Crippen LogP contribution in [0.1, 0.15) is 15.9 Å². The largest absolute Gasteiger partial charge is 0.496 e. The first-order valence-corrected chi connectivity index (χ1v) is 10.5. The Balaban J connectivity index is 1.79. The minimum Gasteiger partial charge on any atom is -0.496 e. The standard InChI is InChI=1S/C21H14F3N3O4S/c1-31-16-7-8-25-21-17(16)13(10-26-21)20(28)18-14(23)5-6-15(19(18)24)27-32(29,30)12-4-2-3-11(22)9-12/h2-10,27H,1H3,(H,25,26). The zero-order valence-electron chi connectivity index (χ0n) is 16.3. The fourth-order valence-electron chi connectivity index (χ4n) is 3.19. The van der Waals surface area contributed by atoms with Gasteiger partial charge in [0.15, 0.2) is 5.82 Å². The molecular weight excluding hydrogens is 447 g/mol. The molecule has 2 N–H and O–H groups in total. The topological polar surface area (TPSA) is 101 Å². The second kappa shape index (κ2) is 8.00. The molecule has 0 aliphatic heterocycles. The summed E-state index contributed by atoms with van der Waals surface area (Å²) in [6.07, 6.45) is 2.65. The van der Waals surface area contributed by atoms with Gasteiger partial charge in [-0.15, -0.1) is 0 Å². The van der Waals surface area contributed by atoms with Gasteiger partial charge in [-0.1, -0.05) is 6.07 Å². The number of ketones is 1. The highest BCUT2D eigenvalue weighted by molar-refractivity contribution is 7.92. The van der Waals surface area contributed by atoms with Crippen molar-refractivity contribution in [3.63, 3.8) is 0 Å². The van der Waals surface area contributed by atoms with E-state index in [0.29, 0.717) is 0 Å². The number of aromatic amines is 1. The molecule has 2 aromatic carbocycles. The van der Waals surface area contributed by atoms with Gasteiger partial charge in [0.05, 0.1) is 34.2 Å². The molecule has 32 heavy (non-hydrogen) atoms. The smallest absolute Gasteiger partial charge is 0.262 e. The van der Waals surface area contributed by atoms with Crippen molar-refractivity contribution in [2.75, 3.05) is 11.8 Å². The number of carbonyl (C=O) groups excluding carboxylic acids is 1. The van der Waals surface area contributed by atoms with E-state index in [2.05, 4.69) is 9.97 Å². The Hall–Kier alpha value is -3.86. The van der Waals surface area contributed by atoms with Gasteiger partial charge < -0.3 is 9.72 Å². The number of ether oxygens (including phenoxy) is 1. The van der Waals surface area contributed by atoms with Crippen LogP contribution in [0.5, 0.6) is 5.75 Å². The maximum atomic E-state index is 15.2. The number of rotatable bonds is 6. The van der Waals surface area contributed by atoms with Gasteiger partial charge in [0.25, 0.3) is 10.0 Å². The second-order valence-electron chi connectivity index (χ2n) is 6.62. The summed E-state index contributed by atoms with van der Waals surface area (Å²) >= 11 is 0. The zero-order chi connectivity index (χ0) is 23.0. The van der Waals surface area contributed by atoms with Crippen LogP contribution in [0.2, 0.25) is 0 Å². The predicted molar refractivity (Wildman–Crippen MR) is 110 cm³/mol. The van der Waals surface area contributed by atoms with Crippen molar-refractivity contribution in [3.8, 4) is 5.75 Å². The third-order valence-corrected chi connectivity index (χ3v) is 6.03. The van der Waals surface area contributed by atoms with Crippen LogP contribution >= 0.6 is 0 Å². The fourth-order valence-corrected chi connectivity index (χ4v) is 4.28. The van der Waals surface area contributed by atoms with Gasteiger partial charge in [-0.05, 0) is 36.4 Å². The first-order valence-electron chi connectivity index (χ1n) is 9.04. The number of H-pyrrole nitrogens is 1. The Morgan fingerprint density at radius 1 is 1.12 bits per heavy atom. The highest BCUT2D eigenvalue weighted by atomic mass is 32.2. The van der Waals surface area contributed by atoms with E-state index in [1.807, 2.05) is 4.72 Å². The van der Waals surface area contributed by atoms with Crippen molar-refractivity contribution < 1.29 is 31.1 Å². The average molecular weight is 461 g/mol. The predicted octanol–water partition coefficient (Wildman–Crippen LogP) is 4.02. The molecule has 0 spiro atoms. The SMILES string of the molecule is COc1ccnc2[nH]cc(C(=O)c3c(F)ccc(NS(=O)(=O)c4cccc(F)c4)c3F)c12. The Kier molecular flexibility index (Phi) is 5.35. The molecule has 0 bridgehead atoms. The Bertz CT molecular complexity index is 1470. The summed E-state index contributed by atoms with van der Waals surface area (Å²) in [4.78, 5) is 19.4. The maximum Gasteiger partial charge on any atom is 0.262 e. The average Bonchev–Trinajstić information content (AvgIpc) is 3.20. The number of pyridine rings is 1. The number of benzene rings is 2. The van der Waals surface area contributed by atoms with Gasteiger partial charge in [-0.2, -0.15) is 0 Å². The Morgan fingerprint density at radius 3 is 2.62 bits per heavy atom. The molecule has 4 aromatic rings. The third kappa shape index (κ3) is 3.66. The summed E-state index contributed by atoms with van der Waals surface area (Å²) in [7, 11) is -3.05. The molecule has 0 amide bonds. The van der Waals surface area contributed by atoms with E-state index in [1.54, 1.807) is 0 Å². The zero-order valence-corrected chi connectivity index (χ0v) is 17.1. The summed E-state index contributed by atoms with van der Waals surface area (Å²) in [5, 5.41) is 0.213. The number of fused-ring (bicyclic) bond motifs is 1. The molecule has 164 valence electrons. The van der Waals surface area contributed by atoms with Gasteiger partial charge in [-0.3, -0.25) is 9.52 Å². The van der Waals surface area contributed by atoms with Crippen LogP contribution < -0.4 is 9.46 Å². The molecule has 0 unspecified atom stereocenters. The lowest BCUT2D eigenvalue weighted by Gasteiger charge is -2.12. The number of sulfonamides is 1. The highest BCUT2D eigenvalue weighted by Gasteiger charge is 2.27. The summed E-state index contributed by atoms with van der Waals surface area (Å²) in [5.41, 5.74) is -1.51. The van der Waals surface area contributed by atoms with E-state index >= 15 is 4.39 Å². The summed E-state index contributed by atoms with van der Waals surface area (Å²) in [6.45, 7) is 0. The molecule has 4 rings (SSSR count). The molecule has 0 fully saturated rings. The van der Waals surface area contributed by atoms with Crippen molar-refractivity contribution in [1.82, 2.24) is 9.97 Å². The van der Waals surface area contributed by atoms with Gasteiger partial charge in [0, 0.05) is 12.4 Å². The van der Waals surface area contributed by atoms with E-state index in [-0.39, 0.29) is 22.3 Å². The Morgan fingerprint density at radius 2 is 1.91 bits per heavy atom. The van der Waals surface area contributed by atoms with Crippen molar-refractivity contribution in [2.24, 2.45) is 0 Å². The number of nitrogens with one attached hydrogen (secondary N) is 2. The van der Waals surface area contributed by atoms with E-state index in [9.17, 15) is 22.0 Å².